The van der Waals surface area contributed by atoms with E-state index in [1.807, 2.05) is 0 Å². The van der Waals surface area contributed by atoms with Crippen molar-refractivity contribution in [3.8, 4) is 5.75 Å². The lowest BCUT2D eigenvalue weighted by atomic mass is 9.96. The molecule has 0 radical (unpaired) electrons. The van der Waals surface area contributed by atoms with E-state index >= 15 is 0 Å². The van der Waals surface area contributed by atoms with Crippen LogP contribution in [0.1, 0.15) is 19.3 Å². The van der Waals surface area contributed by atoms with Crippen molar-refractivity contribution in [3.63, 3.8) is 0 Å². The molecule has 0 aromatic heterocycles. The van der Waals surface area contributed by atoms with Crippen LogP contribution in [0.25, 0.3) is 0 Å². The number of rotatable bonds is 6. The highest BCUT2D eigenvalue weighted by atomic mass is 19.1. The predicted molar refractivity (Wildman–Crippen MR) is 78.3 cm³/mol. The molecule has 0 saturated carbocycles. The highest BCUT2D eigenvalue weighted by molar-refractivity contribution is 5.59. The molecule has 1 fully saturated rings. The standard InChI is InChI=1S/C14H20FN3O3/c1-21-14-8-12(11(15)7-13(14)18(19)20)17-6-4-10-3-2-5-16-9-10/h7-8,10,16-17H,2-6,9H2,1H3. The number of nitro groups is 1. The number of hydrogen-bond acceptors (Lipinski definition) is 5. The number of nitrogens with one attached hydrogen (secondary N) is 2. The van der Waals surface area contributed by atoms with Gasteiger partial charge in [0.05, 0.1) is 23.8 Å². The summed E-state index contributed by atoms with van der Waals surface area (Å²) in [6.45, 7) is 2.69. The molecule has 1 saturated heterocycles. The Morgan fingerprint density at radius 1 is 1.57 bits per heavy atom. The van der Waals surface area contributed by atoms with Gasteiger partial charge in [-0.05, 0) is 38.3 Å². The Balaban J connectivity index is 1.97. The van der Waals surface area contributed by atoms with E-state index in [-0.39, 0.29) is 17.1 Å². The second-order valence-electron chi connectivity index (χ2n) is 5.19. The van der Waals surface area contributed by atoms with Crippen molar-refractivity contribution in [1.29, 1.82) is 0 Å². The summed E-state index contributed by atoms with van der Waals surface area (Å²) < 4.78 is 18.8. The molecule has 2 rings (SSSR count). The third kappa shape index (κ3) is 4.04. The lowest BCUT2D eigenvalue weighted by Crippen LogP contribution is -2.30. The molecule has 7 heteroatoms. The molecule has 1 aliphatic heterocycles. The van der Waals surface area contributed by atoms with Crippen molar-refractivity contribution < 1.29 is 14.1 Å². The molecule has 1 heterocycles. The lowest BCUT2D eigenvalue weighted by Gasteiger charge is -2.22. The first-order valence-electron chi connectivity index (χ1n) is 7.08. The maximum absolute atomic E-state index is 13.9. The summed E-state index contributed by atoms with van der Waals surface area (Å²) in [5.41, 5.74) is -0.127. The second-order valence-corrected chi connectivity index (χ2v) is 5.19. The molecule has 116 valence electrons. The molecule has 1 atom stereocenters. The van der Waals surface area contributed by atoms with E-state index in [4.69, 9.17) is 4.74 Å². The first-order chi connectivity index (χ1) is 10.1. The van der Waals surface area contributed by atoms with Crippen LogP contribution in [-0.4, -0.2) is 31.7 Å². The van der Waals surface area contributed by atoms with E-state index in [0.29, 0.717) is 12.5 Å². The van der Waals surface area contributed by atoms with Crippen molar-refractivity contribution in [2.24, 2.45) is 5.92 Å². The monoisotopic (exact) mass is 297 g/mol. The van der Waals surface area contributed by atoms with Gasteiger partial charge in [-0.2, -0.15) is 0 Å². The Morgan fingerprint density at radius 3 is 3.00 bits per heavy atom. The van der Waals surface area contributed by atoms with Crippen molar-refractivity contribution >= 4 is 11.4 Å². The molecule has 21 heavy (non-hydrogen) atoms. The van der Waals surface area contributed by atoms with Crippen molar-refractivity contribution in [2.45, 2.75) is 19.3 Å². The number of benzene rings is 1. The normalized spacial score (nSPS) is 18.3. The number of nitro benzene ring substituents is 1. The summed E-state index contributed by atoms with van der Waals surface area (Å²) in [6.07, 6.45) is 3.29. The van der Waals surface area contributed by atoms with Gasteiger partial charge in [0.2, 0.25) is 0 Å². The van der Waals surface area contributed by atoms with Crippen molar-refractivity contribution in [2.75, 3.05) is 32.1 Å². The molecule has 0 bridgehead atoms. The zero-order valence-electron chi connectivity index (χ0n) is 12.0. The molecule has 0 amide bonds. The Morgan fingerprint density at radius 2 is 2.38 bits per heavy atom. The van der Waals surface area contributed by atoms with E-state index < -0.39 is 10.7 Å². The number of ether oxygens (including phenoxy) is 1. The van der Waals surface area contributed by atoms with Gasteiger partial charge in [0.1, 0.15) is 0 Å². The third-order valence-electron chi connectivity index (χ3n) is 3.73. The highest BCUT2D eigenvalue weighted by Crippen LogP contribution is 2.32. The molecule has 1 unspecified atom stereocenters. The summed E-state index contributed by atoms with van der Waals surface area (Å²) in [6, 6.07) is 2.23. The average Bonchev–Trinajstić information content (AvgIpc) is 2.49. The van der Waals surface area contributed by atoms with Gasteiger partial charge in [-0.3, -0.25) is 10.1 Å². The molecular weight excluding hydrogens is 277 g/mol. The van der Waals surface area contributed by atoms with Crippen LogP contribution in [-0.2, 0) is 0 Å². The molecule has 1 aromatic carbocycles. The van der Waals surface area contributed by atoms with E-state index in [1.54, 1.807) is 0 Å². The minimum atomic E-state index is -0.653. The van der Waals surface area contributed by atoms with Crippen LogP contribution in [0.2, 0.25) is 0 Å². The van der Waals surface area contributed by atoms with Crippen LogP contribution < -0.4 is 15.4 Å². The summed E-state index contributed by atoms with van der Waals surface area (Å²) in [5, 5.41) is 17.1. The van der Waals surface area contributed by atoms with Gasteiger partial charge in [0.25, 0.3) is 0 Å². The van der Waals surface area contributed by atoms with Gasteiger partial charge < -0.3 is 15.4 Å². The zero-order valence-corrected chi connectivity index (χ0v) is 12.0. The van der Waals surface area contributed by atoms with Crippen LogP contribution in [0, 0.1) is 21.8 Å². The summed E-state index contributed by atoms with van der Waals surface area (Å²) in [7, 11) is 1.33. The average molecular weight is 297 g/mol. The summed E-state index contributed by atoms with van der Waals surface area (Å²) >= 11 is 0. The maximum atomic E-state index is 13.9. The van der Waals surface area contributed by atoms with E-state index in [0.717, 1.165) is 25.6 Å². The number of nitrogens with zero attached hydrogens (tertiary/aromatic N) is 1. The number of methoxy groups -OCH3 is 1. The Hall–Kier alpha value is -1.89. The first kappa shape index (κ1) is 15.5. The summed E-state index contributed by atoms with van der Waals surface area (Å²) in [4.78, 5) is 10.1. The van der Waals surface area contributed by atoms with Crippen LogP contribution >= 0.6 is 0 Å². The molecule has 1 aliphatic rings. The van der Waals surface area contributed by atoms with Crippen LogP contribution in [0.3, 0.4) is 0 Å². The second kappa shape index (κ2) is 7.21. The van der Waals surface area contributed by atoms with E-state index in [9.17, 15) is 14.5 Å². The van der Waals surface area contributed by atoms with Crippen molar-refractivity contribution in [1.82, 2.24) is 5.32 Å². The fraction of sp³-hybridized carbons (Fsp3) is 0.571. The number of anilines is 1. The minimum Gasteiger partial charge on any atom is -0.490 e. The molecule has 6 nitrogen and oxygen atoms in total. The number of hydrogen-bond donors (Lipinski definition) is 2. The smallest absolute Gasteiger partial charge is 0.313 e. The molecule has 1 aromatic rings. The largest absolute Gasteiger partial charge is 0.490 e. The van der Waals surface area contributed by atoms with Gasteiger partial charge in [-0.25, -0.2) is 4.39 Å². The van der Waals surface area contributed by atoms with Gasteiger partial charge in [0.15, 0.2) is 11.6 Å². The van der Waals surface area contributed by atoms with Crippen LogP contribution in [0.5, 0.6) is 5.75 Å². The van der Waals surface area contributed by atoms with Gasteiger partial charge >= 0.3 is 5.69 Å². The minimum absolute atomic E-state index is 0.0585. The van der Waals surface area contributed by atoms with Gasteiger partial charge in [-0.15, -0.1) is 0 Å². The Kier molecular flexibility index (Phi) is 5.32. The maximum Gasteiger partial charge on any atom is 0.313 e. The fourth-order valence-electron chi connectivity index (χ4n) is 2.57. The van der Waals surface area contributed by atoms with E-state index in [2.05, 4.69) is 10.6 Å². The number of halogens is 1. The fourth-order valence-corrected chi connectivity index (χ4v) is 2.57. The summed E-state index contributed by atoms with van der Waals surface area (Å²) in [5.74, 6) is 0.0155. The van der Waals surface area contributed by atoms with Crippen LogP contribution in [0.15, 0.2) is 12.1 Å². The van der Waals surface area contributed by atoms with Gasteiger partial charge in [-0.1, -0.05) is 0 Å². The number of piperidine rings is 1. The quantitative estimate of drug-likeness (QED) is 0.623. The van der Waals surface area contributed by atoms with Crippen molar-refractivity contribution in [3.05, 3.63) is 28.1 Å². The molecular formula is C14H20FN3O3. The Bertz CT molecular complexity index is 504. The molecule has 0 spiro atoms. The highest BCUT2D eigenvalue weighted by Gasteiger charge is 2.19. The molecule has 0 aliphatic carbocycles. The van der Waals surface area contributed by atoms with E-state index in [1.165, 1.54) is 26.0 Å². The topological polar surface area (TPSA) is 76.4 Å². The third-order valence-corrected chi connectivity index (χ3v) is 3.73. The predicted octanol–water partition coefficient (Wildman–Crippen LogP) is 2.54. The first-order valence-corrected chi connectivity index (χ1v) is 7.08. The SMILES string of the molecule is COc1cc(NCCC2CCCNC2)c(F)cc1[N+](=O)[O-]. The molecule has 2 N–H and O–H groups in total. The van der Waals surface area contributed by atoms with Gasteiger partial charge in [0, 0.05) is 12.6 Å². The lowest BCUT2D eigenvalue weighted by molar-refractivity contribution is -0.385. The van der Waals surface area contributed by atoms with Crippen LogP contribution in [0.4, 0.5) is 15.8 Å². The Labute approximate surface area is 122 Å². The zero-order chi connectivity index (χ0) is 15.2.